The first-order valence-electron chi connectivity index (χ1n) is 5.44. The zero-order valence-corrected chi connectivity index (χ0v) is 9.99. The van der Waals surface area contributed by atoms with Gasteiger partial charge in [-0.1, -0.05) is 0 Å². The number of hydrazine groups is 1. The van der Waals surface area contributed by atoms with Crippen molar-refractivity contribution in [1.82, 2.24) is 20.2 Å². The summed E-state index contributed by atoms with van der Waals surface area (Å²) in [6, 6.07) is 0. The molecule has 0 radical (unpaired) electrons. The van der Waals surface area contributed by atoms with Crippen LogP contribution < -0.4 is 16.2 Å². The third kappa shape index (κ3) is 2.84. The van der Waals surface area contributed by atoms with Gasteiger partial charge in [0.25, 0.3) is 0 Å². The van der Waals surface area contributed by atoms with E-state index in [2.05, 4.69) is 25.6 Å². The summed E-state index contributed by atoms with van der Waals surface area (Å²) in [5.41, 5.74) is 2.53. The van der Waals surface area contributed by atoms with Crippen LogP contribution in [0.4, 0.5) is 24.9 Å². The average Bonchev–Trinajstić information content (AvgIpc) is 2.81. The average molecular weight is 275 g/mol. The zero-order chi connectivity index (χ0) is 14.0. The van der Waals surface area contributed by atoms with Crippen LogP contribution >= 0.6 is 0 Å². The Kier molecular flexibility index (Phi) is 3.42. The van der Waals surface area contributed by atoms with E-state index in [9.17, 15) is 13.2 Å². The maximum atomic E-state index is 12.5. The fourth-order valence-corrected chi connectivity index (χ4v) is 1.68. The number of hydrogen-bond acceptors (Lipinski definition) is 6. The van der Waals surface area contributed by atoms with Gasteiger partial charge in [-0.05, 0) is 6.92 Å². The maximum absolute atomic E-state index is 12.5. The number of nitrogen functional groups attached to an aromatic ring is 1. The van der Waals surface area contributed by atoms with Gasteiger partial charge in [0.1, 0.15) is 12.4 Å². The molecule has 4 N–H and O–H groups in total. The lowest BCUT2D eigenvalue weighted by Gasteiger charge is -2.23. The second-order valence-electron chi connectivity index (χ2n) is 3.78. The number of aromatic nitrogens is 4. The van der Waals surface area contributed by atoms with Crippen LogP contribution in [0.5, 0.6) is 0 Å². The molecule has 2 heterocycles. The van der Waals surface area contributed by atoms with Crippen LogP contribution in [-0.4, -0.2) is 39.4 Å². The zero-order valence-electron chi connectivity index (χ0n) is 9.99. The fourth-order valence-electron chi connectivity index (χ4n) is 1.68. The Balaban J connectivity index is 2.48. The predicted molar refractivity (Wildman–Crippen MR) is 63.4 cm³/mol. The number of nitrogens with two attached hydrogens (primary N) is 1. The van der Waals surface area contributed by atoms with Crippen molar-refractivity contribution in [1.29, 1.82) is 0 Å². The molecule has 0 saturated heterocycles. The molecule has 0 spiro atoms. The fraction of sp³-hybridized carbons (Fsp3) is 0.444. The van der Waals surface area contributed by atoms with Crippen molar-refractivity contribution in [2.24, 2.45) is 5.84 Å². The SMILES string of the molecule is CCN(CC(F)(F)F)c1nc(NN)nc2[nH]ncc12. The van der Waals surface area contributed by atoms with E-state index in [1.807, 2.05) is 0 Å². The second kappa shape index (κ2) is 4.88. The quantitative estimate of drug-likeness (QED) is 0.569. The monoisotopic (exact) mass is 275 g/mol. The van der Waals surface area contributed by atoms with Crippen LogP contribution in [-0.2, 0) is 0 Å². The molecule has 0 saturated carbocycles. The summed E-state index contributed by atoms with van der Waals surface area (Å²) in [7, 11) is 0. The van der Waals surface area contributed by atoms with Crippen LogP contribution in [0, 0.1) is 0 Å². The second-order valence-corrected chi connectivity index (χ2v) is 3.78. The van der Waals surface area contributed by atoms with Gasteiger partial charge in [0.2, 0.25) is 5.95 Å². The molecule has 19 heavy (non-hydrogen) atoms. The molecule has 0 aromatic carbocycles. The first-order valence-corrected chi connectivity index (χ1v) is 5.44. The summed E-state index contributed by atoms with van der Waals surface area (Å²) in [6.07, 6.45) is -2.95. The third-order valence-electron chi connectivity index (χ3n) is 2.47. The van der Waals surface area contributed by atoms with Gasteiger partial charge < -0.3 is 4.90 Å². The molecule has 0 fully saturated rings. The molecule has 2 rings (SSSR count). The number of alkyl halides is 3. The van der Waals surface area contributed by atoms with Crippen molar-refractivity contribution in [2.75, 3.05) is 23.4 Å². The van der Waals surface area contributed by atoms with Gasteiger partial charge in [0.05, 0.1) is 11.6 Å². The third-order valence-corrected chi connectivity index (χ3v) is 2.47. The molecule has 0 aliphatic rings. The van der Waals surface area contributed by atoms with Crippen LogP contribution in [0.3, 0.4) is 0 Å². The molecule has 2 aromatic heterocycles. The minimum absolute atomic E-state index is 0.0207. The van der Waals surface area contributed by atoms with E-state index in [-0.39, 0.29) is 18.3 Å². The van der Waals surface area contributed by atoms with E-state index >= 15 is 0 Å². The Labute approximate surface area is 106 Å². The van der Waals surface area contributed by atoms with E-state index in [0.29, 0.717) is 11.0 Å². The maximum Gasteiger partial charge on any atom is 0.405 e. The molecule has 0 bridgehead atoms. The number of nitrogens with one attached hydrogen (secondary N) is 2. The van der Waals surface area contributed by atoms with Gasteiger partial charge in [-0.25, -0.2) is 5.84 Å². The molecule has 104 valence electrons. The Bertz CT molecular complexity index is 564. The van der Waals surface area contributed by atoms with Crippen molar-refractivity contribution in [3.8, 4) is 0 Å². The molecule has 7 nitrogen and oxygen atoms in total. The van der Waals surface area contributed by atoms with Crippen molar-refractivity contribution >= 4 is 22.8 Å². The van der Waals surface area contributed by atoms with Crippen LogP contribution in [0.2, 0.25) is 0 Å². The highest BCUT2D eigenvalue weighted by Gasteiger charge is 2.31. The number of halogens is 3. The number of rotatable bonds is 4. The van der Waals surface area contributed by atoms with Crippen molar-refractivity contribution in [3.05, 3.63) is 6.20 Å². The van der Waals surface area contributed by atoms with Gasteiger partial charge in [-0.15, -0.1) is 0 Å². The Hall–Kier alpha value is -2.10. The Morgan fingerprint density at radius 3 is 2.74 bits per heavy atom. The van der Waals surface area contributed by atoms with E-state index in [4.69, 9.17) is 5.84 Å². The highest BCUT2D eigenvalue weighted by atomic mass is 19.4. The lowest BCUT2D eigenvalue weighted by molar-refractivity contribution is -0.119. The van der Waals surface area contributed by atoms with Gasteiger partial charge >= 0.3 is 6.18 Å². The van der Waals surface area contributed by atoms with E-state index in [0.717, 1.165) is 4.90 Å². The normalized spacial score (nSPS) is 11.8. The largest absolute Gasteiger partial charge is 0.405 e. The molecule has 0 atom stereocenters. The topological polar surface area (TPSA) is 95.8 Å². The van der Waals surface area contributed by atoms with Crippen molar-refractivity contribution in [3.63, 3.8) is 0 Å². The molecule has 10 heteroatoms. The number of H-pyrrole nitrogens is 1. The highest BCUT2D eigenvalue weighted by molar-refractivity contribution is 5.87. The summed E-state index contributed by atoms with van der Waals surface area (Å²) in [6.45, 7) is 0.640. The molecule has 0 aliphatic heterocycles. The number of nitrogens with zero attached hydrogens (tertiary/aromatic N) is 4. The summed E-state index contributed by atoms with van der Waals surface area (Å²) in [4.78, 5) is 9.00. The lowest BCUT2D eigenvalue weighted by Crippen LogP contribution is -2.35. The minimum Gasteiger partial charge on any atom is -0.347 e. The molecular weight excluding hydrogens is 263 g/mol. The lowest BCUT2D eigenvalue weighted by atomic mass is 10.3. The number of anilines is 2. The van der Waals surface area contributed by atoms with Crippen LogP contribution in [0.1, 0.15) is 6.92 Å². The Morgan fingerprint density at radius 1 is 1.42 bits per heavy atom. The van der Waals surface area contributed by atoms with E-state index in [1.54, 1.807) is 6.92 Å². The highest BCUT2D eigenvalue weighted by Crippen LogP contribution is 2.26. The van der Waals surface area contributed by atoms with Crippen LogP contribution in [0.25, 0.3) is 11.0 Å². The predicted octanol–water partition coefficient (Wildman–Crippen LogP) is 1.03. The van der Waals surface area contributed by atoms with Gasteiger partial charge in [-0.2, -0.15) is 28.2 Å². The summed E-state index contributed by atoms with van der Waals surface area (Å²) < 4.78 is 37.6. The van der Waals surface area contributed by atoms with Crippen LogP contribution in [0.15, 0.2) is 6.20 Å². The molecular formula is C9H12F3N7. The summed E-state index contributed by atoms with van der Waals surface area (Å²) in [5.74, 6) is 5.35. The van der Waals surface area contributed by atoms with Gasteiger partial charge in [0.15, 0.2) is 5.65 Å². The summed E-state index contributed by atoms with van der Waals surface area (Å²) in [5, 5.41) is 6.73. The molecule has 0 amide bonds. The van der Waals surface area contributed by atoms with E-state index < -0.39 is 12.7 Å². The van der Waals surface area contributed by atoms with E-state index in [1.165, 1.54) is 6.20 Å². The van der Waals surface area contributed by atoms with Gasteiger partial charge in [-0.3, -0.25) is 10.5 Å². The number of hydrogen-bond donors (Lipinski definition) is 3. The smallest absolute Gasteiger partial charge is 0.347 e. The van der Waals surface area contributed by atoms with Crippen molar-refractivity contribution < 1.29 is 13.2 Å². The first kappa shape index (κ1) is 13.3. The Morgan fingerprint density at radius 2 is 2.16 bits per heavy atom. The standard InChI is InChI=1S/C9H12F3N7/c1-2-19(4-9(10,11)12)7-5-3-14-18-6(5)15-8(16-7)17-13/h3H,2,4,13H2,1H3,(H2,14,15,16,17,18). The summed E-state index contributed by atoms with van der Waals surface area (Å²) >= 11 is 0. The molecule has 0 aliphatic carbocycles. The first-order chi connectivity index (χ1) is 8.94. The number of fused-ring (bicyclic) bond motifs is 1. The van der Waals surface area contributed by atoms with Gasteiger partial charge in [0, 0.05) is 6.54 Å². The number of aromatic amines is 1. The van der Waals surface area contributed by atoms with Crippen molar-refractivity contribution in [2.45, 2.75) is 13.1 Å². The minimum atomic E-state index is -4.33. The molecule has 2 aromatic rings. The molecule has 0 unspecified atom stereocenters.